The molecule has 0 saturated carbocycles. The Hall–Kier alpha value is -2.50. The molecule has 3 rings (SSSR count). The zero-order valence-corrected chi connectivity index (χ0v) is 22.9. The van der Waals surface area contributed by atoms with E-state index in [-0.39, 0.29) is 5.41 Å². The molecular weight excluding hydrogens is 427 g/mol. The Morgan fingerprint density at radius 2 is 1.66 bits per heavy atom. The molecule has 35 heavy (non-hydrogen) atoms. The molecule has 1 heterocycles. The van der Waals surface area contributed by atoms with Gasteiger partial charge in [-0.1, -0.05) is 84.4 Å². The zero-order chi connectivity index (χ0) is 26.3. The normalized spacial score (nSPS) is 10.7. The highest BCUT2D eigenvalue weighted by atomic mass is 15.3. The van der Waals surface area contributed by atoms with Gasteiger partial charge in [0.2, 0.25) is 0 Å². The van der Waals surface area contributed by atoms with Crippen LogP contribution in [0.25, 0.3) is 22.0 Å². The van der Waals surface area contributed by atoms with Gasteiger partial charge in [0, 0.05) is 29.3 Å². The SMILES string of the molecule is C=CNNCCCCCCc1cccc(-c2ccc3[nH]c(C)c(CC(C)(C)C)c3c2)c1.CC.[B]N. The van der Waals surface area contributed by atoms with Crippen molar-refractivity contribution in [3.05, 3.63) is 72.1 Å². The Morgan fingerprint density at radius 1 is 0.971 bits per heavy atom. The second kappa shape index (κ2) is 16.2. The Bertz CT molecular complexity index is 1000. The maximum Gasteiger partial charge on any atom is 0.174 e. The van der Waals surface area contributed by atoms with Crippen LogP contribution in [0.5, 0.6) is 0 Å². The van der Waals surface area contributed by atoms with E-state index in [1.54, 1.807) is 6.20 Å². The molecule has 1 aromatic heterocycles. The standard InChI is InChI=1S/C28H39N3.C2H6.BH2N/c1-6-29-30-17-10-8-7-9-12-22-13-11-14-23(18-22)24-15-16-27-25(19-24)26(21(2)31-27)20-28(3,4)5;2*1-2/h6,11,13-16,18-19,29-31H,1,7-10,12,17,20H2,2-5H3;1-2H3;2H2. The highest BCUT2D eigenvalue weighted by Crippen LogP contribution is 2.32. The first kappa shape index (κ1) is 30.5. The predicted molar refractivity (Wildman–Crippen MR) is 156 cm³/mol. The van der Waals surface area contributed by atoms with Crippen molar-refractivity contribution in [2.75, 3.05) is 6.54 Å². The molecule has 0 spiro atoms. The van der Waals surface area contributed by atoms with Gasteiger partial charge in [0.05, 0.1) is 0 Å². The number of unbranched alkanes of at least 4 members (excludes halogenated alkanes) is 3. The number of rotatable bonds is 11. The highest BCUT2D eigenvalue weighted by molar-refractivity contribution is 6.02. The maximum absolute atomic E-state index is 4.00. The van der Waals surface area contributed by atoms with Crippen molar-refractivity contribution in [1.29, 1.82) is 0 Å². The van der Waals surface area contributed by atoms with E-state index in [1.807, 2.05) is 13.8 Å². The summed E-state index contributed by atoms with van der Waals surface area (Å²) in [6.07, 6.45) is 8.86. The van der Waals surface area contributed by atoms with E-state index < -0.39 is 0 Å². The molecule has 0 unspecified atom stereocenters. The molecular formula is C30H47BN4. The number of nitrogens with two attached hydrogens (primary N) is 1. The summed E-state index contributed by atoms with van der Waals surface area (Å²) in [5.41, 5.74) is 18.4. The summed E-state index contributed by atoms with van der Waals surface area (Å²) in [5.74, 6) is 0. The number of H-pyrrole nitrogens is 1. The monoisotopic (exact) mass is 474 g/mol. The molecule has 190 valence electrons. The largest absolute Gasteiger partial charge is 0.380 e. The van der Waals surface area contributed by atoms with Crippen LogP contribution in [0.1, 0.15) is 77.1 Å². The molecule has 0 atom stereocenters. The van der Waals surface area contributed by atoms with Crippen molar-refractivity contribution in [2.24, 2.45) is 11.1 Å². The summed E-state index contributed by atoms with van der Waals surface area (Å²) in [5, 5.41) is 1.37. The minimum absolute atomic E-state index is 0.272. The fraction of sp³-hybridized carbons (Fsp3) is 0.467. The Morgan fingerprint density at radius 3 is 2.34 bits per heavy atom. The van der Waals surface area contributed by atoms with Gasteiger partial charge in [-0.2, -0.15) is 0 Å². The van der Waals surface area contributed by atoms with Crippen LogP contribution in [0.2, 0.25) is 0 Å². The number of hydrazine groups is 1. The van der Waals surface area contributed by atoms with E-state index >= 15 is 0 Å². The average Bonchev–Trinajstić information content (AvgIpc) is 3.16. The number of aromatic amines is 1. The first-order chi connectivity index (χ1) is 16.9. The summed E-state index contributed by atoms with van der Waals surface area (Å²) in [6, 6.07) is 16.0. The van der Waals surface area contributed by atoms with Gasteiger partial charge >= 0.3 is 0 Å². The van der Waals surface area contributed by atoms with Crippen molar-refractivity contribution in [3.8, 4) is 11.1 Å². The smallest absolute Gasteiger partial charge is 0.174 e. The van der Waals surface area contributed by atoms with E-state index in [4.69, 9.17) is 0 Å². The molecule has 4 nitrogen and oxygen atoms in total. The number of nitrogens with one attached hydrogen (secondary N) is 3. The minimum Gasteiger partial charge on any atom is -0.380 e. The lowest BCUT2D eigenvalue weighted by atomic mass is 9.86. The number of hydrogen-bond acceptors (Lipinski definition) is 3. The molecule has 2 aromatic carbocycles. The van der Waals surface area contributed by atoms with Crippen molar-refractivity contribution in [1.82, 2.24) is 15.8 Å². The Balaban J connectivity index is 0.00000145. The summed E-state index contributed by atoms with van der Waals surface area (Å²) >= 11 is 0. The molecule has 0 aliphatic heterocycles. The molecule has 5 N–H and O–H groups in total. The zero-order valence-electron chi connectivity index (χ0n) is 22.9. The molecule has 0 aliphatic carbocycles. The molecule has 0 aliphatic rings. The van der Waals surface area contributed by atoms with Crippen LogP contribution in [-0.2, 0) is 12.8 Å². The summed E-state index contributed by atoms with van der Waals surface area (Å²) in [6.45, 7) is 17.8. The van der Waals surface area contributed by atoms with Crippen LogP contribution in [0.3, 0.4) is 0 Å². The Labute approximate surface area is 215 Å². The van der Waals surface area contributed by atoms with E-state index in [0.717, 1.165) is 19.4 Å². The maximum atomic E-state index is 4.00. The Kier molecular flexibility index (Phi) is 14.2. The fourth-order valence-corrected chi connectivity index (χ4v) is 4.27. The summed E-state index contributed by atoms with van der Waals surface area (Å²) in [4.78, 5) is 3.58. The van der Waals surface area contributed by atoms with E-state index in [0.29, 0.717) is 0 Å². The van der Waals surface area contributed by atoms with Gasteiger partial charge in [0.25, 0.3) is 0 Å². The quantitative estimate of drug-likeness (QED) is 0.136. The van der Waals surface area contributed by atoms with Crippen molar-refractivity contribution in [2.45, 2.75) is 80.1 Å². The van der Waals surface area contributed by atoms with Crippen LogP contribution >= 0.6 is 0 Å². The lowest BCUT2D eigenvalue weighted by Gasteiger charge is -2.18. The molecule has 0 fully saturated rings. The fourth-order valence-electron chi connectivity index (χ4n) is 4.27. The lowest BCUT2D eigenvalue weighted by Crippen LogP contribution is -2.27. The number of aryl methyl sites for hydroxylation is 2. The van der Waals surface area contributed by atoms with E-state index in [9.17, 15) is 0 Å². The van der Waals surface area contributed by atoms with E-state index in [1.165, 1.54) is 64.5 Å². The molecule has 0 saturated heterocycles. The molecule has 5 heteroatoms. The lowest BCUT2D eigenvalue weighted by molar-refractivity contribution is 0.411. The third-order valence-electron chi connectivity index (χ3n) is 5.81. The van der Waals surface area contributed by atoms with Crippen molar-refractivity contribution < 1.29 is 0 Å². The van der Waals surface area contributed by atoms with Crippen molar-refractivity contribution >= 4 is 18.9 Å². The third kappa shape index (κ3) is 10.3. The van der Waals surface area contributed by atoms with Gasteiger partial charge in [-0.05, 0) is 72.4 Å². The van der Waals surface area contributed by atoms with Crippen LogP contribution in [-0.4, -0.2) is 19.5 Å². The predicted octanol–water partition coefficient (Wildman–Crippen LogP) is 7.13. The van der Waals surface area contributed by atoms with Gasteiger partial charge in [0.15, 0.2) is 7.98 Å². The van der Waals surface area contributed by atoms with E-state index in [2.05, 4.69) is 106 Å². The molecule has 3 aromatic rings. The van der Waals surface area contributed by atoms with Crippen molar-refractivity contribution in [3.63, 3.8) is 0 Å². The molecule has 0 amide bonds. The first-order valence-corrected chi connectivity index (χ1v) is 13.0. The van der Waals surface area contributed by atoms with Gasteiger partial charge in [-0.25, -0.2) is 5.43 Å². The number of hydrogen-bond donors (Lipinski definition) is 4. The molecule has 2 radical (unpaired) electrons. The second-order valence-electron chi connectivity index (χ2n) is 9.87. The third-order valence-corrected chi connectivity index (χ3v) is 5.81. The number of aromatic nitrogens is 1. The number of fused-ring (bicyclic) bond motifs is 1. The van der Waals surface area contributed by atoms with Gasteiger partial charge in [-0.15, -0.1) is 0 Å². The second-order valence-corrected chi connectivity index (χ2v) is 9.87. The molecule has 0 bridgehead atoms. The van der Waals surface area contributed by atoms with Crippen LogP contribution in [0.4, 0.5) is 0 Å². The summed E-state index contributed by atoms with van der Waals surface area (Å²) in [7, 11) is 4.00. The van der Waals surface area contributed by atoms with Gasteiger partial charge in [-0.3, -0.25) is 0 Å². The van der Waals surface area contributed by atoms with Gasteiger partial charge < -0.3 is 16.1 Å². The van der Waals surface area contributed by atoms with Crippen LogP contribution in [0.15, 0.2) is 55.2 Å². The number of benzene rings is 2. The highest BCUT2D eigenvalue weighted by Gasteiger charge is 2.17. The summed E-state index contributed by atoms with van der Waals surface area (Å²) < 4.78 is 0. The van der Waals surface area contributed by atoms with Crippen LogP contribution in [0, 0.1) is 12.3 Å². The minimum atomic E-state index is 0.272. The first-order valence-electron chi connectivity index (χ1n) is 13.0. The topological polar surface area (TPSA) is 65.9 Å². The van der Waals surface area contributed by atoms with Crippen LogP contribution < -0.4 is 16.5 Å². The van der Waals surface area contributed by atoms with Gasteiger partial charge in [0.1, 0.15) is 0 Å². The average molecular weight is 475 g/mol.